The van der Waals surface area contributed by atoms with Crippen molar-refractivity contribution in [3.63, 3.8) is 0 Å². The van der Waals surface area contributed by atoms with Crippen molar-refractivity contribution < 1.29 is 13.2 Å². The lowest BCUT2D eigenvalue weighted by molar-refractivity contribution is -0.129. The maximum Gasteiger partial charge on any atom is 0.250 e. The number of nitrogen functional groups attached to an aromatic ring is 1. The molecule has 7 nitrogen and oxygen atoms in total. The maximum atomic E-state index is 12.6. The van der Waals surface area contributed by atoms with Gasteiger partial charge >= 0.3 is 0 Å². The van der Waals surface area contributed by atoms with Crippen LogP contribution in [0.25, 0.3) is 10.8 Å². The van der Waals surface area contributed by atoms with Gasteiger partial charge in [-0.3, -0.25) is 4.79 Å². The highest BCUT2D eigenvalue weighted by atomic mass is 32.2. The predicted molar refractivity (Wildman–Crippen MR) is 105 cm³/mol. The third-order valence-corrected chi connectivity index (χ3v) is 7.46. The first-order chi connectivity index (χ1) is 12.9. The number of fused-ring (bicyclic) bond motifs is 1. The van der Waals surface area contributed by atoms with Crippen LogP contribution < -0.4 is 10.5 Å². The fourth-order valence-electron chi connectivity index (χ4n) is 3.24. The van der Waals surface area contributed by atoms with Crippen LogP contribution in [-0.4, -0.2) is 36.8 Å². The second-order valence-electron chi connectivity index (χ2n) is 6.41. The molecule has 2 aromatic heterocycles. The fraction of sp³-hybridized carbons (Fsp3) is 0.222. The highest BCUT2D eigenvalue weighted by Gasteiger charge is 2.35. The Morgan fingerprint density at radius 1 is 1.30 bits per heavy atom. The van der Waals surface area contributed by atoms with Crippen molar-refractivity contribution >= 4 is 43.9 Å². The Balaban J connectivity index is 1.48. The Morgan fingerprint density at radius 3 is 2.93 bits per heavy atom. The average molecular weight is 403 g/mol. The number of nitrogens with one attached hydrogen (secondary N) is 1. The molecule has 0 aliphatic carbocycles. The molecular weight excluding hydrogens is 384 g/mol. The minimum absolute atomic E-state index is 0.204. The van der Waals surface area contributed by atoms with Gasteiger partial charge < -0.3 is 10.6 Å². The molecular formula is C18H18N4O3S2. The van der Waals surface area contributed by atoms with Crippen LogP contribution in [0.5, 0.6) is 0 Å². The first-order valence-corrected chi connectivity index (χ1v) is 10.8. The Bertz CT molecular complexity index is 1100. The zero-order valence-electron chi connectivity index (χ0n) is 14.3. The van der Waals surface area contributed by atoms with Gasteiger partial charge in [-0.1, -0.05) is 18.2 Å². The number of rotatable bonds is 5. The highest BCUT2D eigenvalue weighted by molar-refractivity contribution is 7.91. The molecule has 9 heteroatoms. The molecule has 1 amide bonds. The molecule has 0 unspecified atom stereocenters. The van der Waals surface area contributed by atoms with Crippen molar-refractivity contribution in [2.24, 2.45) is 0 Å². The van der Waals surface area contributed by atoms with Crippen LogP contribution in [0.3, 0.4) is 0 Å². The van der Waals surface area contributed by atoms with E-state index in [1.54, 1.807) is 22.5 Å². The molecule has 0 saturated carbocycles. The molecule has 0 bridgehead atoms. The normalized spacial score (nSPS) is 17.7. The van der Waals surface area contributed by atoms with Crippen molar-refractivity contribution in [3.8, 4) is 0 Å². The lowest BCUT2D eigenvalue weighted by atomic mass is 10.1. The number of carbonyl (C=O) groups is 1. The lowest BCUT2D eigenvalue weighted by Gasteiger charge is -2.17. The largest absolute Gasteiger partial charge is 0.383 e. The van der Waals surface area contributed by atoms with Crippen LogP contribution >= 0.6 is 11.3 Å². The number of benzene rings is 1. The summed E-state index contributed by atoms with van der Waals surface area (Å²) in [4.78, 5) is 18.4. The number of nitrogens with zero attached hydrogens (tertiary/aromatic N) is 2. The van der Waals surface area contributed by atoms with E-state index in [0.29, 0.717) is 25.3 Å². The van der Waals surface area contributed by atoms with Crippen molar-refractivity contribution in [3.05, 3.63) is 53.5 Å². The van der Waals surface area contributed by atoms with E-state index >= 15 is 0 Å². The van der Waals surface area contributed by atoms with Gasteiger partial charge in [0.15, 0.2) is 0 Å². The Morgan fingerprint density at radius 2 is 2.15 bits per heavy atom. The molecule has 4 rings (SSSR count). The standard InChI is InChI=1S/C18H18N4O3S2/c19-17-14-4-3-12(10-13(14)5-7-20-17)11-22-8-6-15(18(22)23)21-27(24,25)16-2-1-9-26-16/h1-5,7,9-10,15,21H,6,8,11H2,(H2,19,20)/t15-/m0/s1. The van der Waals surface area contributed by atoms with Crippen LogP contribution in [-0.2, 0) is 21.4 Å². The lowest BCUT2D eigenvalue weighted by Crippen LogP contribution is -2.41. The molecule has 3 N–H and O–H groups in total. The number of anilines is 1. The minimum atomic E-state index is -3.66. The summed E-state index contributed by atoms with van der Waals surface area (Å²) in [6.45, 7) is 0.932. The van der Waals surface area contributed by atoms with Crippen molar-refractivity contribution in [1.29, 1.82) is 0 Å². The summed E-state index contributed by atoms with van der Waals surface area (Å²) in [5.74, 6) is 0.267. The SMILES string of the molecule is Nc1nccc2cc(CN3CC[C@H](NS(=O)(=O)c4cccs4)C3=O)ccc12. The number of hydrogen-bond acceptors (Lipinski definition) is 6. The minimum Gasteiger partial charge on any atom is -0.383 e. The molecule has 1 saturated heterocycles. The summed E-state index contributed by atoms with van der Waals surface area (Å²) in [6.07, 6.45) is 2.10. The van der Waals surface area contributed by atoms with Gasteiger partial charge in [-0.25, -0.2) is 13.4 Å². The number of aromatic nitrogens is 1. The van der Waals surface area contributed by atoms with Gasteiger partial charge in [0.25, 0.3) is 10.0 Å². The van der Waals surface area contributed by atoms with E-state index in [-0.39, 0.29) is 10.1 Å². The van der Waals surface area contributed by atoms with E-state index in [1.165, 1.54) is 6.07 Å². The Labute approximate surface area is 160 Å². The van der Waals surface area contributed by atoms with Gasteiger partial charge in [-0.05, 0) is 40.9 Å². The van der Waals surface area contributed by atoms with Gasteiger partial charge in [0.1, 0.15) is 16.1 Å². The van der Waals surface area contributed by atoms with E-state index in [2.05, 4.69) is 9.71 Å². The monoisotopic (exact) mass is 402 g/mol. The molecule has 3 aromatic rings. The molecule has 140 valence electrons. The highest BCUT2D eigenvalue weighted by Crippen LogP contribution is 2.23. The number of amides is 1. The zero-order valence-corrected chi connectivity index (χ0v) is 16.0. The van der Waals surface area contributed by atoms with Crippen LogP contribution in [0.15, 0.2) is 52.2 Å². The van der Waals surface area contributed by atoms with E-state index in [9.17, 15) is 13.2 Å². The molecule has 27 heavy (non-hydrogen) atoms. The maximum absolute atomic E-state index is 12.6. The van der Waals surface area contributed by atoms with E-state index in [0.717, 1.165) is 27.7 Å². The fourth-order valence-corrected chi connectivity index (χ4v) is 5.47. The second-order valence-corrected chi connectivity index (χ2v) is 9.29. The van der Waals surface area contributed by atoms with E-state index in [1.807, 2.05) is 24.3 Å². The third-order valence-electron chi connectivity index (χ3n) is 4.59. The Kier molecular flexibility index (Phi) is 4.58. The third kappa shape index (κ3) is 3.53. The van der Waals surface area contributed by atoms with Crippen LogP contribution in [0.4, 0.5) is 5.82 Å². The first kappa shape index (κ1) is 17.9. The second kappa shape index (κ2) is 6.91. The number of pyridine rings is 1. The molecule has 3 heterocycles. The van der Waals surface area contributed by atoms with Crippen molar-refractivity contribution in [2.75, 3.05) is 12.3 Å². The summed E-state index contributed by atoms with van der Waals surface area (Å²) in [7, 11) is -3.66. The average Bonchev–Trinajstić information content (AvgIpc) is 3.28. The van der Waals surface area contributed by atoms with Gasteiger partial charge in [-0.2, -0.15) is 4.72 Å². The van der Waals surface area contributed by atoms with Crippen molar-refractivity contribution in [1.82, 2.24) is 14.6 Å². The molecule has 1 aromatic carbocycles. The number of thiophene rings is 1. The zero-order chi connectivity index (χ0) is 19.0. The van der Waals surface area contributed by atoms with E-state index < -0.39 is 16.1 Å². The van der Waals surface area contributed by atoms with Crippen LogP contribution in [0.2, 0.25) is 0 Å². The van der Waals surface area contributed by atoms with Crippen LogP contribution in [0, 0.1) is 0 Å². The summed E-state index contributed by atoms with van der Waals surface area (Å²) < 4.78 is 27.4. The van der Waals surface area contributed by atoms with Gasteiger partial charge in [0.05, 0.1) is 0 Å². The summed E-state index contributed by atoms with van der Waals surface area (Å²) in [6, 6.07) is 10.1. The molecule has 1 aliphatic rings. The quantitative estimate of drug-likeness (QED) is 0.679. The number of hydrogen-bond donors (Lipinski definition) is 2. The molecule has 1 aliphatic heterocycles. The van der Waals surface area contributed by atoms with Gasteiger partial charge in [0.2, 0.25) is 5.91 Å². The topological polar surface area (TPSA) is 105 Å². The molecule has 0 spiro atoms. The predicted octanol–water partition coefficient (Wildman–Crippen LogP) is 1.96. The molecule has 1 atom stereocenters. The Hall–Kier alpha value is -2.49. The van der Waals surface area contributed by atoms with E-state index in [4.69, 9.17) is 5.73 Å². The van der Waals surface area contributed by atoms with Gasteiger partial charge in [0, 0.05) is 24.7 Å². The number of carbonyl (C=O) groups excluding carboxylic acids is 1. The number of sulfonamides is 1. The number of nitrogens with two attached hydrogens (primary N) is 1. The van der Waals surface area contributed by atoms with Gasteiger partial charge in [-0.15, -0.1) is 11.3 Å². The smallest absolute Gasteiger partial charge is 0.250 e. The van der Waals surface area contributed by atoms with Crippen molar-refractivity contribution in [2.45, 2.75) is 23.2 Å². The molecule has 1 fully saturated rings. The summed E-state index contributed by atoms with van der Waals surface area (Å²) in [5.41, 5.74) is 6.83. The first-order valence-electron chi connectivity index (χ1n) is 8.42. The summed E-state index contributed by atoms with van der Waals surface area (Å²) >= 11 is 1.13. The molecule has 0 radical (unpaired) electrons. The van der Waals surface area contributed by atoms with Crippen LogP contribution in [0.1, 0.15) is 12.0 Å². The summed E-state index contributed by atoms with van der Waals surface area (Å²) in [5, 5.41) is 3.52. The number of likely N-dealkylation sites (tertiary alicyclic amines) is 1.